The van der Waals surface area contributed by atoms with Gasteiger partial charge in [-0.1, -0.05) is 31.5 Å². The van der Waals surface area contributed by atoms with Gasteiger partial charge < -0.3 is 11.5 Å². The maximum Gasteiger partial charge on any atom is 0.249 e. The van der Waals surface area contributed by atoms with Crippen LogP contribution in [0.15, 0.2) is 42.5 Å². The first-order chi connectivity index (χ1) is 11.4. The van der Waals surface area contributed by atoms with E-state index in [4.69, 9.17) is 11.5 Å². The number of benzene rings is 2. The van der Waals surface area contributed by atoms with Crippen LogP contribution in [0, 0.1) is 7.14 Å². The first kappa shape index (κ1) is 20.9. The number of aryl methyl sites for hydroxylation is 1. The van der Waals surface area contributed by atoms with Crippen molar-refractivity contribution >= 4 is 57.0 Å². The number of hydrogen-bond donors (Lipinski definition) is 2. The number of rotatable bonds is 5. The minimum Gasteiger partial charge on any atom is -0.366 e. The Balaban J connectivity index is 0.000000254. The Kier molecular flexibility index (Phi) is 9.27. The zero-order valence-electron chi connectivity index (χ0n) is 13.4. The number of primary amides is 2. The molecule has 0 fully saturated rings. The van der Waals surface area contributed by atoms with Gasteiger partial charge in [0.05, 0.1) is 11.1 Å². The molecule has 6 heteroatoms. The Bertz CT molecular complexity index is 718. The highest BCUT2D eigenvalue weighted by atomic mass is 127. The molecule has 2 aromatic rings. The van der Waals surface area contributed by atoms with Crippen LogP contribution in [0.5, 0.6) is 0 Å². The van der Waals surface area contributed by atoms with Gasteiger partial charge in [-0.05, 0) is 87.9 Å². The number of amides is 2. The van der Waals surface area contributed by atoms with Crippen molar-refractivity contribution in [3.8, 4) is 0 Å². The van der Waals surface area contributed by atoms with Crippen LogP contribution in [0.3, 0.4) is 0 Å². The largest absolute Gasteiger partial charge is 0.366 e. The van der Waals surface area contributed by atoms with Crippen LogP contribution in [-0.4, -0.2) is 11.8 Å². The summed E-state index contributed by atoms with van der Waals surface area (Å²) in [6, 6.07) is 13.1. The quantitative estimate of drug-likeness (QED) is 0.550. The Hall–Kier alpha value is -1.16. The molecule has 0 bridgehead atoms. The Morgan fingerprint density at radius 3 is 1.96 bits per heavy atom. The maximum atomic E-state index is 11.0. The molecule has 0 saturated carbocycles. The van der Waals surface area contributed by atoms with Crippen LogP contribution in [0.4, 0.5) is 0 Å². The highest BCUT2D eigenvalue weighted by Crippen LogP contribution is 2.15. The number of hydrogen-bond acceptors (Lipinski definition) is 2. The molecule has 0 aliphatic carbocycles. The smallest absolute Gasteiger partial charge is 0.249 e. The zero-order valence-corrected chi connectivity index (χ0v) is 17.7. The van der Waals surface area contributed by atoms with E-state index in [-0.39, 0.29) is 11.8 Å². The summed E-state index contributed by atoms with van der Waals surface area (Å²) in [4.78, 5) is 21.6. The molecule has 0 spiro atoms. The lowest BCUT2D eigenvalue weighted by Crippen LogP contribution is -2.12. The second-order valence-corrected chi connectivity index (χ2v) is 7.45. The Morgan fingerprint density at radius 1 is 0.917 bits per heavy atom. The Labute approximate surface area is 169 Å². The summed E-state index contributed by atoms with van der Waals surface area (Å²) < 4.78 is 1.84. The predicted molar refractivity (Wildman–Crippen MR) is 114 cm³/mol. The molecule has 0 aromatic heterocycles. The third-order valence-corrected chi connectivity index (χ3v) is 5.09. The van der Waals surface area contributed by atoms with Gasteiger partial charge in [0.2, 0.25) is 11.8 Å². The van der Waals surface area contributed by atoms with Crippen molar-refractivity contribution < 1.29 is 9.59 Å². The fraction of sp³-hybridized carbons (Fsp3) is 0.222. The Morgan fingerprint density at radius 2 is 1.50 bits per heavy atom. The molecule has 0 aliphatic heterocycles. The van der Waals surface area contributed by atoms with Gasteiger partial charge in [-0.2, -0.15) is 0 Å². The van der Waals surface area contributed by atoms with Crippen LogP contribution in [0.25, 0.3) is 0 Å². The van der Waals surface area contributed by atoms with Crippen molar-refractivity contribution in [2.24, 2.45) is 11.5 Å². The average molecular weight is 550 g/mol. The van der Waals surface area contributed by atoms with Gasteiger partial charge in [0.25, 0.3) is 0 Å². The molecule has 2 aromatic carbocycles. The highest BCUT2D eigenvalue weighted by Gasteiger charge is 2.06. The summed E-state index contributed by atoms with van der Waals surface area (Å²) in [7, 11) is 0. The minimum atomic E-state index is -0.370. The molecule has 4 N–H and O–H groups in total. The van der Waals surface area contributed by atoms with E-state index in [1.807, 2.05) is 30.3 Å². The van der Waals surface area contributed by atoms with Gasteiger partial charge in [0.15, 0.2) is 0 Å². The van der Waals surface area contributed by atoms with Gasteiger partial charge in [0, 0.05) is 7.14 Å². The highest BCUT2D eigenvalue weighted by molar-refractivity contribution is 14.1. The van der Waals surface area contributed by atoms with E-state index in [9.17, 15) is 9.59 Å². The lowest BCUT2D eigenvalue weighted by molar-refractivity contribution is 0.0991. The fourth-order valence-corrected chi connectivity index (χ4v) is 3.45. The zero-order chi connectivity index (χ0) is 18.1. The van der Waals surface area contributed by atoms with Gasteiger partial charge in [-0.25, -0.2) is 0 Å². The van der Waals surface area contributed by atoms with Crippen molar-refractivity contribution in [1.82, 2.24) is 0 Å². The van der Waals surface area contributed by atoms with Crippen molar-refractivity contribution in [1.29, 1.82) is 0 Å². The van der Waals surface area contributed by atoms with E-state index < -0.39 is 0 Å². The van der Waals surface area contributed by atoms with Gasteiger partial charge in [0.1, 0.15) is 0 Å². The molecule has 4 nitrogen and oxygen atoms in total. The standard InChI is InChI=1S/C11H14INO.C7H6INO/c1-2-3-4-8-5-6-9(11(13)14)10(12)7-8;8-6-4-2-1-3-5(6)7(9)10/h5-7H,2-4H2,1H3,(H2,13,14);1-4H,(H2,9,10). The maximum absolute atomic E-state index is 11.0. The number of unbranched alkanes of at least 4 members (excludes halogenated alkanes) is 1. The summed E-state index contributed by atoms with van der Waals surface area (Å²) in [5.74, 6) is -0.721. The van der Waals surface area contributed by atoms with Crippen LogP contribution in [0.2, 0.25) is 0 Å². The molecule has 0 radical (unpaired) electrons. The summed E-state index contributed by atoms with van der Waals surface area (Å²) in [5, 5.41) is 0. The summed E-state index contributed by atoms with van der Waals surface area (Å²) in [6.07, 6.45) is 3.45. The van der Waals surface area contributed by atoms with E-state index in [1.54, 1.807) is 12.1 Å². The van der Waals surface area contributed by atoms with Gasteiger partial charge in [-0.15, -0.1) is 0 Å². The first-order valence-electron chi connectivity index (χ1n) is 7.49. The minimum absolute atomic E-state index is 0.351. The van der Waals surface area contributed by atoms with E-state index in [0.29, 0.717) is 11.1 Å². The van der Waals surface area contributed by atoms with Gasteiger partial charge >= 0.3 is 0 Å². The molecule has 2 amide bonds. The number of carbonyl (C=O) groups is 2. The monoisotopic (exact) mass is 550 g/mol. The number of carbonyl (C=O) groups excluding carboxylic acids is 2. The molecule has 2 rings (SSSR count). The van der Waals surface area contributed by atoms with E-state index >= 15 is 0 Å². The van der Waals surface area contributed by atoms with Crippen molar-refractivity contribution in [3.63, 3.8) is 0 Å². The second-order valence-electron chi connectivity index (χ2n) is 5.13. The molecule has 24 heavy (non-hydrogen) atoms. The van der Waals surface area contributed by atoms with E-state index in [0.717, 1.165) is 13.6 Å². The van der Waals surface area contributed by atoms with Crippen LogP contribution in [0.1, 0.15) is 46.0 Å². The summed E-state index contributed by atoms with van der Waals surface area (Å²) in [6.45, 7) is 2.17. The van der Waals surface area contributed by atoms with Crippen molar-refractivity contribution in [3.05, 3.63) is 66.3 Å². The molecule has 0 heterocycles. The molecule has 0 saturated heterocycles. The van der Waals surface area contributed by atoms with Crippen LogP contribution in [-0.2, 0) is 6.42 Å². The molecule has 0 unspecified atom stereocenters. The topological polar surface area (TPSA) is 86.2 Å². The average Bonchev–Trinajstić information content (AvgIpc) is 2.53. The van der Waals surface area contributed by atoms with Crippen molar-refractivity contribution in [2.45, 2.75) is 26.2 Å². The lowest BCUT2D eigenvalue weighted by atomic mass is 10.1. The van der Waals surface area contributed by atoms with Crippen molar-refractivity contribution in [2.75, 3.05) is 0 Å². The molecular weight excluding hydrogens is 530 g/mol. The summed E-state index contributed by atoms with van der Waals surface area (Å²) in [5.41, 5.74) is 12.8. The predicted octanol–water partition coefficient (Wildman–Crippen LogP) is 4.12. The first-order valence-corrected chi connectivity index (χ1v) is 9.65. The molecular formula is C18H20I2N2O2. The normalized spacial score (nSPS) is 9.79. The third kappa shape index (κ3) is 6.76. The van der Waals surface area contributed by atoms with Crippen LogP contribution >= 0.6 is 45.2 Å². The molecule has 0 atom stereocenters. The molecule has 0 aliphatic rings. The second kappa shape index (κ2) is 10.7. The SMILES string of the molecule is CCCCc1ccc(C(N)=O)c(I)c1.NC(=O)c1ccccc1I. The molecule has 128 valence electrons. The van der Waals surface area contributed by atoms with E-state index in [1.165, 1.54) is 18.4 Å². The van der Waals surface area contributed by atoms with Crippen LogP contribution < -0.4 is 11.5 Å². The summed E-state index contributed by atoms with van der Waals surface area (Å²) >= 11 is 4.23. The number of nitrogens with two attached hydrogens (primary N) is 2. The van der Waals surface area contributed by atoms with E-state index in [2.05, 4.69) is 52.1 Å². The lowest BCUT2D eigenvalue weighted by Gasteiger charge is -2.04. The fourth-order valence-electron chi connectivity index (χ4n) is 1.96. The number of halogens is 2. The van der Waals surface area contributed by atoms with Gasteiger partial charge in [-0.3, -0.25) is 9.59 Å². The third-order valence-electron chi connectivity index (χ3n) is 3.26.